The molecular formula is C17H23ClN2O4S. The van der Waals surface area contributed by atoms with Gasteiger partial charge in [0.25, 0.3) is 5.91 Å². The van der Waals surface area contributed by atoms with Gasteiger partial charge >= 0.3 is 0 Å². The number of carbonyl (C=O) groups is 2. The van der Waals surface area contributed by atoms with Crippen LogP contribution in [0.2, 0.25) is 4.34 Å². The molecule has 25 heavy (non-hydrogen) atoms. The van der Waals surface area contributed by atoms with Crippen molar-refractivity contribution in [1.29, 1.82) is 0 Å². The van der Waals surface area contributed by atoms with Crippen LogP contribution in [0.3, 0.4) is 0 Å². The van der Waals surface area contributed by atoms with E-state index in [1.807, 2.05) is 4.90 Å². The quantitative estimate of drug-likeness (QED) is 0.815. The van der Waals surface area contributed by atoms with Gasteiger partial charge in [-0.2, -0.15) is 0 Å². The highest BCUT2D eigenvalue weighted by Crippen LogP contribution is 2.40. The zero-order valence-corrected chi connectivity index (χ0v) is 16.0. The number of amides is 2. The van der Waals surface area contributed by atoms with Crippen molar-refractivity contribution in [2.75, 3.05) is 19.7 Å². The SMILES string of the molecule is CC(=O)N[C@H]1COC2(CCN(C(=O)c3ccc(Cl)s3)CC2)C[C@]1(C)O. The molecule has 0 radical (unpaired) electrons. The summed E-state index contributed by atoms with van der Waals surface area (Å²) in [6, 6.07) is 3.07. The Morgan fingerprint density at radius 3 is 2.60 bits per heavy atom. The summed E-state index contributed by atoms with van der Waals surface area (Å²) in [4.78, 5) is 26.3. The number of likely N-dealkylation sites (tertiary alicyclic amines) is 1. The van der Waals surface area contributed by atoms with Gasteiger partial charge in [-0.05, 0) is 31.9 Å². The number of ether oxygens (including phenoxy) is 1. The van der Waals surface area contributed by atoms with E-state index in [0.717, 1.165) is 0 Å². The van der Waals surface area contributed by atoms with Crippen molar-refractivity contribution in [3.05, 3.63) is 21.3 Å². The van der Waals surface area contributed by atoms with E-state index < -0.39 is 17.2 Å². The fraction of sp³-hybridized carbons (Fsp3) is 0.647. The van der Waals surface area contributed by atoms with Gasteiger partial charge in [0.2, 0.25) is 5.91 Å². The summed E-state index contributed by atoms with van der Waals surface area (Å²) < 4.78 is 6.67. The summed E-state index contributed by atoms with van der Waals surface area (Å²) in [6.07, 6.45) is 1.78. The minimum atomic E-state index is -1.03. The van der Waals surface area contributed by atoms with E-state index >= 15 is 0 Å². The molecule has 6 nitrogen and oxygen atoms in total. The molecule has 0 bridgehead atoms. The van der Waals surface area contributed by atoms with Crippen molar-refractivity contribution in [2.45, 2.75) is 50.4 Å². The Labute approximate surface area is 156 Å². The van der Waals surface area contributed by atoms with Crippen molar-refractivity contribution in [3.8, 4) is 0 Å². The molecule has 0 saturated carbocycles. The Bertz CT molecular complexity index is 667. The highest BCUT2D eigenvalue weighted by Gasteiger charge is 2.49. The Balaban J connectivity index is 1.62. The lowest BCUT2D eigenvalue weighted by Crippen LogP contribution is -2.63. The third-order valence-electron chi connectivity index (χ3n) is 5.11. The van der Waals surface area contributed by atoms with Crippen LogP contribution in [-0.2, 0) is 9.53 Å². The molecule has 2 fully saturated rings. The first-order valence-electron chi connectivity index (χ1n) is 8.39. The molecule has 2 aliphatic heterocycles. The summed E-state index contributed by atoms with van der Waals surface area (Å²) in [5.74, 6) is -0.190. The van der Waals surface area contributed by atoms with Gasteiger partial charge in [0.1, 0.15) is 0 Å². The highest BCUT2D eigenvalue weighted by atomic mass is 35.5. The molecule has 0 aliphatic carbocycles. The number of nitrogens with one attached hydrogen (secondary N) is 1. The molecule has 3 heterocycles. The fourth-order valence-corrected chi connectivity index (χ4v) is 4.74. The zero-order valence-electron chi connectivity index (χ0n) is 14.4. The topological polar surface area (TPSA) is 78.9 Å². The van der Waals surface area contributed by atoms with Crippen LogP contribution in [0.25, 0.3) is 0 Å². The molecule has 2 atom stereocenters. The molecule has 2 saturated heterocycles. The van der Waals surface area contributed by atoms with Gasteiger partial charge in [0, 0.05) is 26.4 Å². The molecule has 3 rings (SSSR count). The van der Waals surface area contributed by atoms with Crippen LogP contribution in [0.1, 0.15) is 42.8 Å². The summed E-state index contributed by atoms with van der Waals surface area (Å²) in [5, 5.41) is 13.5. The molecule has 2 aliphatic rings. The summed E-state index contributed by atoms with van der Waals surface area (Å²) in [5.41, 5.74) is -1.47. The number of halogens is 1. The summed E-state index contributed by atoms with van der Waals surface area (Å²) in [7, 11) is 0. The average molecular weight is 387 g/mol. The van der Waals surface area contributed by atoms with Crippen LogP contribution in [0.5, 0.6) is 0 Å². The predicted molar refractivity (Wildman–Crippen MR) is 96.0 cm³/mol. The normalized spacial score (nSPS) is 28.8. The van der Waals surface area contributed by atoms with E-state index in [2.05, 4.69) is 5.32 Å². The van der Waals surface area contributed by atoms with Crippen LogP contribution in [0, 0.1) is 0 Å². The number of thiophene rings is 1. The van der Waals surface area contributed by atoms with Gasteiger partial charge in [-0.25, -0.2) is 0 Å². The second-order valence-corrected chi connectivity index (χ2v) is 8.89. The van der Waals surface area contributed by atoms with E-state index in [0.29, 0.717) is 41.6 Å². The predicted octanol–water partition coefficient (Wildman–Crippen LogP) is 2.05. The molecule has 2 N–H and O–H groups in total. The first-order valence-corrected chi connectivity index (χ1v) is 9.58. The van der Waals surface area contributed by atoms with E-state index in [1.54, 1.807) is 19.1 Å². The van der Waals surface area contributed by atoms with E-state index in [-0.39, 0.29) is 18.4 Å². The maximum atomic E-state index is 12.5. The fourth-order valence-electron chi connectivity index (χ4n) is 3.73. The van der Waals surface area contributed by atoms with Crippen molar-refractivity contribution < 1.29 is 19.4 Å². The molecular weight excluding hydrogens is 364 g/mol. The Morgan fingerprint density at radius 1 is 1.40 bits per heavy atom. The average Bonchev–Trinajstić information content (AvgIpc) is 2.96. The zero-order chi connectivity index (χ0) is 18.2. The number of rotatable bonds is 2. The lowest BCUT2D eigenvalue weighted by Gasteiger charge is -2.51. The first-order chi connectivity index (χ1) is 11.7. The second kappa shape index (κ2) is 6.87. The van der Waals surface area contributed by atoms with Crippen molar-refractivity contribution in [1.82, 2.24) is 10.2 Å². The molecule has 138 valence electrons. The molecule has 1 spiro atoms. The Morgan fingerprint density at radius 2 is 2.08 bits per heavy atom. The minimum Gasteiger partial charge on any atom is -0.388 e. The molecule has 0 aromatic carbocycles. The van der Waals surface area contributed by atoms with E-state index in [9.17, 15) is 14.7 Å². The van der Waals surface area contributed by atoms with Crippen molar-refractivity contribution in [2.24, 2.45) is 0 Å². The number of aliphatic hydroxyl groups is 1. The summed E-state index contributed by atoms with van der Waals surface area (Å²) >= 11 is 7.20. The van der Waals surface area contributed by atoms with E-state index in [1.165, 1.54) is 18.3 Å². The molecule has 1 aromatic heterocycles. The number of piperidine rings is 1. The third-order valence-corrected chi connectivity index (χ3v) is 6.33. The van der Waals surface area contributed by atoms with Gasteiger partial charge in [0.05, 0.1) is 33.1 Å². The molecule has 1 aromatic rings. The van der Waals surface area contributed by atoms with Crippen LogP contribution in [0.4, 0.5) is 0 Å². The van der Waals surface area contributed by atoms with Crippen LogP contribution in [0.15, 0.2) is 12.1 Å². The largest absolute Gasteiger partial charge is 0.388 e. The number of carbonyl (C=O) groups excluding carboxylic acids is 2. The minimum absolute atomic E-state index is 0.00885. The number of hydrogen-bond donors (Lipinski definition) is 2. The van der Waals surface area contributed by atoms with Gasteiger partial charge in [-0.15, -0.1) is 11.3 Å². The van der Waals surface area contributed by atoms with Gasteiger partial charge in [-0.3, -0.25) is 9.59 Å². The van der Waals surface area contributed by atoms with Crippen LogP contribution in [-0.4, -0.2) is 58.8 Å². The maximum absolute atomic E-state index is 12.5. The molecule has 2 amide bonds. The third kappa shape index (κ3) is 4.00. The van der Waals surface area contributed by atoms with E-state index in [4.69, 9.17) is 16.3 Å². The number of hydrogen-bond acceptors (Lipinski definition) is 5. The standard InChI is InChI=1S/C17H23ClN2O4S/c1-11(21)19-13-9-24-17(10-16(13,2)23)5-7-20(8-6-17)15(22)12-3-4-14(18)25-12/h3-4,13,23H,5-10H2,1-2H3,(H,19,21)/t13-,16-/m0/s1. The molecule has 8 heteroatoms. The summed E-state index contributed by atoms with van der Waals surface area (Å²) in [6.45, 7) is 4.61. The molecule has 0 unspecified atom stereocenters. The van der Waals surface area contributed by atoms with Crippen molar-refractivity contribution >= 4 is 34.8 Å². The second-order valence-electron chi connectivity index (χ2n) is 7.18. The van der Waals surface area contributed by atoms with Crippen LogP contribution < -0.4 is 5.32 Å². The number of nitrogens with zero attached hydrogens (tertiary/aromatic N) is 1. The Kier molecular flexibility index (Phi) is 5.12. The van der Waals surface area contributed by atoms with Gasteiger partial charge in [-0.1, -0.05) is 11.6 Å². The first kappa shape index (κ1) is 18.6. The smallest absolute Gasteiger partial charge is 0.263 e. The lowest BCUT2D eigenvalue weighted by atomic mass is 9.75. The van der Waals surface area contributed by atoms with Gasteiger partial charge < -0.3 is 20.1 Å². The maximum Gasteiger partial charge on any atom is 0.263 e. The highest BCUT2D eigenvalue weighted by molar-refractivity contribution is 7.17. The van der Waals surface area contributed by atoms with Crippen molar-refractivity contribution in [3.63, 3.8) is 0 Å². The monoisotopic (exact) mass is 386 g/mol. The van der Waals surface area contributed by atoms with Crippen LogP contribution >= 0.6 is 22.9 Å². The Hall–Kier alpha value is -1.15. The lowest BCUT2D eigenvalue weighted by molar-refractivity contribution is -0.187. The van der Waals surface area contributed by atoms with Gasteiger partial charge in [0.15, 0.2) is 0 Å².